The van der Waals surface area contributed by atoms with Gasteiger partial charge in [0.15, 0.2) is 0 Å². The van der Waals surface area contributed by atoms with Gasteiger partial charge < -0.3 is 15.3 Å². The highest BCUT2D eigenvalue weighted by atomic mass is 19.1. The highest BCUT2D eigenvalue weighted by Gasteiger charge is 2.67. The summed E-state index contributed by atoms with van der Waals surface area (Å²) in [7, 11) is 0. The van der Waals surface area contributed by atoms with E-state index in [-0.39, 0.29) is 34.5 Å². The van der Waals surface area contributed by atoms with Crippen LogP contribution in [-0.2, 0) is 0 Å². The van der Waals surface area contributed by atoms with Gasteiger partial charge in [-0.1, -0.05) is 19.8 Å². The van der Waals surface area contributed by atoms with Crippen molar-refractivity contribution in [1.82, 2.24) is 0 Å². The molecule has 0 bridgehead atoms. The predicted molar refractivity (Wildman–Crippen MR) is 93.2 cm³/mol. The van der Waals surface area contributed by atoms with E-state index >= 15 is 0 Å². The summed E-state index contributed by atoms with van der Waals surface area (Å²) >= 11 is 0. The number of hydrogen-bond acceptors (Lipinski definition) is 3. The number of hydrogen-bond donors (Lipinski definition) is 3. The Morgan fingerprint density at radius 3 is 2.32 bits per heavy atom. The Morgan fingerprint density at radius 1 is 0.960 bits per heavy atom. The van der Waals surface area contributed by atoms with Crippen molar-refractivity contribution >= 4 is 0 Å². The quantitative estimate of drug-likeness (QED) is 0.589. The van der Waals surface area contributed by atoms with Gasteiger partial charge >= 0.3 is 0 Å². The van der Waals surface area contributed by atoms with Crippen LogP contribution in [0.15, 0.2) is 0 Å². The number of rotatable bonds is 0. The van der Waals surface area contributed by atoms with E-state index in [9.17, 15) is 19.7 Å². The molecule has 0 amide bonds. The molecule has 4 heteroatoms. The van der Waals surface area contributed by atoms with Crippen molar-refractivity contribution in [3.05, 3.63) is 0 Å². The molecule has 0 radical (unpaired) electrons. The molecule has 0 heterocycles. The third-order valence-corrected chi connectivity index (χ3v) is 9.09. The molecule has 1 unspecified atom stereocenters. The summed E-state index contributed by atoms with van der Waals surface area (Å²) in [6, 6.07) is 0. The molecule has 4 fully saturated rings. The van der Waals surface area contributed by atoms with E-state index in [0.29, 0.717) is 19.3 Å². The summed E-state index contributed by atoms with van der Waals surface area (Å²) in [6.45, 7) is 4.26. The summed E-state index contributed by atoms with van der Waals surface area (Å²) in [5.41, 5.74) is -1.64. The highest BCUT2D eigenvalue weighted by molar-refractivity contribution is 5.24. The molecular formula is C21H31FO3. The molecule has 4 aliphatic carbocycles. The molecule has 4 saturated carbocycles. The van der Waals surface area contributed by atoms with Crippen LogP contribution in [-0.4, -0.2) is 39.3 Å². The monoisotopic (exact) mass is 350 g/mol. The SMILES string of the molecule is C#C[C@]1(O)CC[C@H]2[C@@H]3[C@H](O)CC4[C@@H](F)[C@H](O)CC[C@]4(C)[C@H]3CC[C@@]21C. The number of aliphatic hydroxyl groups excluding tert-OH is 2. The minimum absolute atomic E-state index is 0.0739. The molecule has 10 atom stereocenters. The predicted octanol–water partition coefficient (Wildman–Crippen LogP) is 2.67. The Hall–Kier alpha value is -0.630. The molecule has 0 aromatic carbocycles. The second kappa shape index (κ2) is 5.44. The van der Waals surface area contributed by atoms with Crippen molar-refractivity contribution in [1.29, 1.82) is 0 Å². The van der Waals surface area contributed by atoms with Gasteiger partial charge in [0, 0.05) is 11.3 Å². The molecule has 0 aromatic heterocycles. The van der Waals surface area contributed by atoms with Crippen molar-refractivity contribution < 1.29 is 19.7 Å². The first-order valence-corrected chi connectivity index (χ1v) is 9.88. The first-order valence-electron chi connectivity index (χ1n) is 9.88. The molecule has 0 spiro atoms. The first kappa shape index (κ1) is 17.8. The maximum absolute atomic E-state index is 14.8. The van der Waals surface area contributed by atoms with E-state index in [1.54, 1.807) is 0 Å². The molecule has 3 N–H and O–H groups in total. The van der Waals surface area contributed by atoms with Crippen LogP contribution in [0.25, 0.3) is 0 Å². The number of aliphatic hydroxyl groups is 3. The van der Waals surface area contributed by atoms with Gasteiger partial charge in [0.05, 0.1) is 12.2 Å². The Morgan fingerprint density at radius 2 is 1.64 bits per heavy atom. The van der Waals surface area contributed by atoms with E-state index in [4.69, 9.17) is 6.42 Å². The molecule has 140 valence electrons. The zero-order chi connectivity index (χ0) is 18.2. The van der Waals surface area contributed by atoms with E-state index in [2.05, 4.69) is 19.8 Å². The summed E-state index contributed by atoms with van der Waals surface area (Å²) in [5.74, 6) is 2.88. The van der Waals surface area contributed by atoms with Crippen molar-refractivity contribution in [3.8, 4) is 12.3 Å². The second-order valence-electron chi connectivity index (χ2n) is 9.76. The van der Waals surface area contributed by atoms with Crippen LogP contribution in [0.2, 0.25) is 0 Å². The van der Waals surface area contributed by atoms with E-state index < -0.39 is 24.0 Å². The zero-order valence-corrected chi connectivity index (χ0v) is 15.3. The van der Waals surface area contributed by atoms with Gasteiger partial charge in [-0.3, -0.25) is 0 Å². The fraction of sp³-hybridized carbons (Fsp3) is 0.905. The molecule has 0 aliphatic heterocycles. The van der Waals surface area contributed by atoms with Gasteiger partial charge in [0.25, 0.3) is 0 Å². The van der Waals surface area contributed by atoms with E-state index in [1.165, 1.54) is 0 Å². The van der Waals surface area contributed by atoms with Crippen molar-refractivity contribution in [3.63, 3.8) is 0 Å². The standard InChI is InChI=1S/C21H31FO3/c1-4-21(25)10-6-13-17-12(5-9-20(13,21)3)19(2)8-7-15(23)18(22)14(19)11-16(17)24/h1,12-18,23-25H,5-11H2,2-3H3/t12-,13-,14?,15+,16+,17+,18+,19+,20-,21-/m0/s1. The Balaban J connectivity index is 1.71. The lowest BCUT2D eigenvalue weighted by atomic mass is 9.43. The van der Waals surface area contributed by atoms with Gasteiger partial charge in [0.2, 0.25) is 0 Å². The molecule has 4 rings (SSSR count). The van der Waals surface area contributed by atoms with Gasteiger partial charge in [-0.05, 0) is 68.1 Å². The van der Waals surface area contributed by atoms with Crippen LogP contribution in [0, 0.1) is 46.8 Å². The lowest BCUT2D eigenvalue weighted by Gasteiger charge is -2.62. The van der Waals surface area contributed by atoms with Crippen LogP contribution in [0.1, 0.15) is 58.8 Å². The van der Waals surface area contributed by atoms with Gasteiger partial charge in [-0.2, -0.15) is 0 Å². The lowest BCUT2D eigenvalue weighted by molar-refractivity contribution is -0.200. The number of terminal acetylenes is 1. The van der Waals surface area contributed by atoms with E-state index in [0.717, 1.165) is 25.7 Å². The molecule has 4 aliphatic rings. The summed E-state index contributed by atoms with van der Waals surface area (Å²) in [5, 5.41) is 32.0. The average molecular weight is 350 g/mol. The van der Waals surface area contributed by atoms with Gasteiger partial charge in [-0.15, -0.1) is 6.42 Å². The maximum Gasteiger partial charge on any atom is 0.130 e. The third kappa shape index (κ3) is 2.10. The van der Waals surface area contributed by atoms with Crippen molar-refractivity contribution in [2.45, 2.75) is 82.8 Å². The molecule has 0 aromatic rings. The maximum atomic E-state index is 14.8. The van der Waals surface area contributed by atoms with E-state index in [1.807, 2.05) is 0 Å². The Kier molecular flexibility index (Phi) is 3.87. The second-order valence-corrected chi connectivity index (χ2v) is 9.76. The Labute approximate surface area is 150 Å². The third-order valence-electron chi connectivity index (χ3n) is 9.09. The minimum atomic E-state index is -1.24. The number of halogens is 1. The number of fused-ring (bicyclic) bond motifs is 5. The normalized spacial score (nSPS) is 60.9. The minimum Gasteiger partial charge on any atom is -0.393 e. The molecular weight excluding hydrogens is 319 g/mol. The first-order chi connectivity index (χ1) is 11.7. The highest BCUT2D eigenvalue weighted by Crippen LogP contribution is 2.68. The van der Waals surface area contributed by atoms with Crippen LogP contribution in [0.3, 0.4) is 0 Å². The molecule has 25 heavy (non-hydrogen) atoms. The smallest absolute Gasteiger partial charge is 0.130 e. The molecule has 3 nitrogen and oxygen atoms in total. The lowest BCUT2D eigenvalue weighted by Crippen LogP contribution is -2.62. The van der Waals surface area contributed by atoms with Crippen LogP contribution in [0.4, 0.5) is 4.39 Å². The zero-order valence-electron chi connectivity index (χ0n) is 15.3. The largest absolute Gasteiger partial charge is 0.393 e. The fourth-order valence-electron chi connectivity index (χ4n) is 7.47. The van der Waals surface area contributed by atoms with Crippen LogP contribution < -0.4 is 0 Å². The summed E-state index contributed by atoms with van der Waals surface area (Å²) in [6.07, 6.45) is 7.83. The summed E-state index contributed by atoms with van der Waals surface area (Å²) in [4.78, 5) is 0. The van der Waals surface area contributed by atoms with Crippen molar-refractivity contribution in [2.75, 3.05) is 0 Å². The summed E-state index contributed by atoms with van der Waals surface area (Å²) < 4.78 is 14.8. The fourth-order valence-corrected chi connectivity index (χ4v) is 7.47. The molecule has 0 saturated heterocycles. The number of alkyl halides is 1. The Bertz CT molecular complexity index is 602. The van der Waals surface area contributed by atoms with Gasteiger partial charge in [0.1, 0.15) is 11.8 Å². The average Bonchev–Trinajstić information content (AvgIpc) is 2.86. The van der Waals surface area contributed by atoms with Crippen molar-refractivity contribution in [2.24, 2.45) is 34.5 Å². The van der Waals surface area contributed by atoms with Gasteiger partial charge in [-0.25, -0.2) is 4.39 Å². The van der Waals surface area contributed by atoms with Crippen LogP contribution in [0.5, 0.6) is 0 Å². The van der Waals surface area contributed by atoms with Crippen LogP contribution >= 0.6 is 0 Å². The topological polar surface area (TPSA) is 60.7 Å².